The molecule has 1 fully saturated rings. The zero-order valence-corrected chi connectivity index (χ0v) is 21.8. The van der Waals surface area contributed by atoms with Gasteiger partial charge < -0.3 is 19.3 Å². The third kappa shape index (κ3) is 6.14. The van der Waals surface area contributed by atoms with Gasteiger partial charge >= 0.3 is 0 Å². The lowest BCUT2D eigenvalue weighted by Crippen LogP contribution is -2.49. The predicted octanol–water partition coefficient (Wildman–Crippen LogP) is 5.37. The topological polar surface area (TPSA) is 59.1 Å². The summed E-state index contributed by atoms with van der Waals surface area (Å²) in [5.41, 5.74) is 1.49. The number of nitrogens with zero attached hydrogens (tertiary/aromatic N) is 2. The Balaban J connectivity index is 1.35. The molecule has 5 rings (SSSR count). The maximum atomic E-state index is 13.7. The third-order valence-corrected chi connectivity index (χ3v) is 8.00. The maximum Gasteiger partial charge on any atom is 0.254 e. The predicted molar refractivity (Wildman–Crippen MR) is 141 cm³/mol. The van der Waals surface area contributed by atoms with E-state index in [2.05, 4.69) is 0 Å². The molecule has 2 amide bonds. The molecule has 0 bridgehead atoms. The smallest absolute Gasteiger partial charge is 0.254 e. The molecule has 9 heteroatoms. The highest BCUT2D eigenvalue weighted by molar-refractivity contribution is 7.10. The first-order valence-corrected chi connectivity index (χ1v) is 13.6. The van der Waals surface area contributed by atoms with Crippen LogP contribution in [0.2, 0.25) is 5.02 Å². The van der Waals surface area contributed by atoms with Gasteiger partial charge in [-0.3, -0.25) is 9.59 Å². The molecule has 2 aliphatic heterocycles. The number of ether oxygens (including phenoxy) is 2. The molecule has 0 saturated carbocycles. The molecule has 1 saturated heterocycles. The van der Waals surface area contributed by atoms with Crippen LogP contribution in [0.5, 0.6) is 5.75 Å². The number of thiophene rings is 1. The lowest BCUT2D eigenvalue weighted by atomic mass is 10.00. The normalized spacial score (nSPS) is 18.9. The first-order valence-electron chi connectivity index (χ1n) is 12.4. The van der Waals surface area contributed by atoms with Crippen LogP contribution in [0.25, 0.3) is 0 Å². The van der Waals surface area contributed by atoms with Gasteiger partial charge in [-0.2, -0.15) is 0 Å². The highest BCUT2D eigenvalue weighted by atomic mass is 35.5. The lowest BCUT2D eigenvalue weighted by molar-refractivity contribution is -0.135. The fourth-order valence-electron chi connectivity index (χ4n) is 4.89. The summed E-state index contributed by atoms with van der Waals surface area (Å²) < 4.78 is 25.1. The SMILES string of the molecule is O=C(c1cccc(Cl)c1)N(CC(=O)N1CCc2sccc2[C@H]1COc1ccc(F)cc1)C[C@@H]1CCCO1. The van der Waals surface area contributed by atoms with Crippen LogP contribution in [-0.2, 0) is 16.0 Å². The van der Waals surface area contributed by atoms with Crippen molar-refractivity contribution >= 4 is 34.8 Å². The van der Waals surface area contributed by atoms with E-state index in [0.29, 0.717) is 36.0 Å². The van der Waals surface area contributed by atoms with Crippen molar-refractivity contribution in [2.75, 3.05) is 32.8 Å². The fourth-order valence-corrected chi connectivity index (χ4v) is 6.01. The number of halogens is 2. The van der Waals surface area contributed by atoms with Crippen molar-refractivity contribution in [3.05, 3.63) is 86.8 Å². The summed E-state index contributed by atoms with van der Waals surface area (Å²) in [5.74, 6) is -0.207. The average molecular weight is 543 g/mol. The minimum Gasteiger partial charge on any atom is -0.491 e. The Kier molecular flexibility index (Phi) is 8.08. The molecule has 0 N–H and O–H groups in total. The number of carbonyl (C=O) groups is 2. The van der Waals surface area contributed by atoms with E-state index in [1.165, 1.54) is 17.0 Å². The second kappa shape index (κ2) is 11.6. The van der Waals surface area contributed by atoms with Crippen LogP contribution in [0, 0.1) is 5.82 Å². The second-order valence-electron chi connectivity index (χ2n) is 9.25. The van der Waals surface area contributed by atoms with Crippen molar-refractivity contribution in [1.82, 2.24) is 9.80 Å². The molecule has 6 nitrogen and oxygen atoms in total. The van der Waals surface area contributed by atoms with Crippen molar-refractivity contribution < 1.29 is 23.5 Å². The zero-order chi connectivity index (χ0) is 25.8. The minimum absolute atomic E-state index is 0.0717. The van der Waals surface area contributed by atoms with Gasteiger partial charge in [0.25, 0.3) is 5.91 Å². The molecule has 1 aromatic heterocycles. The number of hydrogen-bond acceptors (Lipinski definition) is 5. The van der Waals surface area contributed by atoms with Crippen LogP contribution in [-0.4, -0.2) is 60.6 Å². The van der Waals surface area contributed by atoms with Crippen molar-refractivity contribution in [1.29, 1.82) is 0 Å². The van der Waals surface area contributed by atoms with Crippen LogP contribution < -0.4 is 4.74 Å². The molecule has 2 aliphatic rings. The first-order chi connectivity index (χ1) is 18.0. The van der Waals surface area contributed by atoms with Crippen LogP contribution in [0.4, 0.5) is 4.39 Å². The van der Waals surface area contributed by atoms with E-state index in [1.54, 1.807) is 57.5 Å². The van der Waals surface area contributed by atoms with Gasteiger partial charge in [0, 0.05) is 35.2 Å². The molecule has 2 atom stereocenters. The van der Waals surface area contributed by atoms with Gasteiger partial charge in [-0.1, -0.05) is 17.7 Å². The van der Waals surface area contributed by atoms with Crippen LogP contribution >= 0.6 is 22.9 Å². The summed E-state index contributed by atoms with van der Waals surface area (Å²) in [6, 6.07) is 14.3. The van der Waals surface area contributed by atoms with E-state index in [1.807, 2.05) is 11.4 Å². The van der Waals surface area contributed by atoms with E-state index in [0.717, 1.165) is 24.8 Å². The maximum absolute atomic E-state index is 13.7. The van der Waals surface area contributed by atoms with Gasteiger partial charge in [0.05, 0.1) is 12.1 Å². The molecule has 194 valence electrons. The molecular weight excluding hydrogens is 515 g/mol. The Labute approximate surface area is 224 Å². The number of rotatable bonds is 8. The molecule has 37 heavy (non-hydrogen) atoms. The molecule has 0 spiro atoms. The molecule has 0 unspecified atom stereocenters. The first kappa shape index (κ1) is 25.7. The fraction of sp³-hybridized carbons (Fsp3) is 0.357. The monoisotopic (exact) mass is 542 g/mol. The van der Waals surface area contributed by atoms with Crippen LogP contribution in [0.15, 0.2) is 60.0 Å². The van der Waals surface area contributed by atoms with Crippen molar-refractivity contribution in [2.24, 2.45) is 0 Å². The van der Waals surface area contributed by atoms with E-state index in [-0.39, 0.29) is 42.9 Å². The Hall–Kier alpha value is -2.94. The van der Waals surface area contributed by atoms with Gasteiger partial charge in [0.15, 0.2) is 0 Å². The van der Waals surface area contributed by atoms with E-state index < -0.39 is 0 Å². The highest BCUT2D eigenvalue weighted by Gasteiger charge is 2.34. The van der Waals surface area contributed by atoms with Gasteiger partial charge in [0.1, 0.15) is 24.7 Å². The zero-order valence-electron chi connectivity index (χ0n) is 20.3. The Morgan fingerprint density at radius 2 is 2.03 bits per heavy atom. The van der Waals surface area contributed by atoms with Gasteiger partial charge in [-0.15, -0.1) is 11.3 Å². The largest absolute Gasteiger partial charge is 0.491 e. The summed E-state index contributed by atoms with van der Waals surface area (Å²) in [6.07, 6.45) is 2.44. The minimum atomic E-state index is -0.336. The standard InChI is InChI=1S/C28H28ClFN2O4S/c29-20-4-1-3-19(15-20)28(34)31(16-23-5-2-13-35-23)17-27(33)32-12-10-26-24(11-14-37-26)25(32)18-36-22-8-6-21(30)7-9-22/h1,3-4,6-9,11,14-15,23,25H,2,5,10,12-13,16-18H2/t23-,25+/m0/s1. The molecular formula is C28H28ClFN2O4S. The van der Waals surface area contributed by atoms with Crippen LogP contribution in [0.1, 0.15) is 39.7 Å². The summed E-state index contributed by atoms with van der Waals surface area (Å²) in [7, 11) is 0. The molecule has 2 aromatic carbocycles. The Morgan fingerprint density at radius 1 is 1.19 bits per heavy atom. The molecule has 0 aliphatic carbocycles. The summed E-state index contributed by atoms with van der Waals surface area (Å²) >= 11 is 7.81. The lowest BCUT2D eigenvalue weighted by Gasteiger charge is -2.37. The quantitative estimate of drug-likeness (QED) is 0.384. The number of benzene rings is 2. The highest BCUT2D eigenvalue weighted by Crippen LogP contribution is 2.34. The van der Waals surface area contributed by atoms with Gasteiger partial charge in [-0.25, -0.2) is 4.39 Å². The van der Waals surface area contributed by atoms with E-state index in [4.69, 9.17) is 21.1 Å². The van der Waals surface area contributed by atoms with Gasteiger partial charge in [0.2, 0.25) is 5.91 Å². The molecule has 3 aromatic rings. The van der Waals surface area contributed by atoms with Crippen molar-refractivity contribution in [3.8, 4) is 5.75 Å². The summed E-state index contributed by atoms with van der Waals surface area (Å²) in [5, 5.41) is 2.49. The summed E-state index contributed by atoms with van der Waals surface area (Å²) in [6.45, 7) is 1.69. The Bertz CT molecular complexity index is 1240. The van der Waals surface area contributed by atoms with Crippen LogP contribution in [0.3, 0.4) is 0 Å². The van der Waals surface area contributed by atoms with Crippen molar-refractivity contribution in [3.63, 3.8) is 0 Å². The van der Waals surface area contributed by atoms with Crippen molar-refractivity contribution in [2.45, 2.75) is 31.4 Å². The molecule has 0 radical (unpaired) electrons. The number of hydrogen-bond donors (Lipinski definition) is 0. The molecule has 3 heterocycles. The average Bonchev–Trinajstić information content (AvgIpc) is 3.59. The number of fused-ring (bicyclic) bond motifs is 1. The number of carbonyl (C=O) groups excluding carboxylic acids is 2. The Morgan fingerprint density at radius 3 is 2.78 bits per heavy atom. The number of amides is 2. The van der Waals surface area contributed by atoms with E-state index in [9.17, 15) is 14.0 Å². The second-order valence-corrected chi connectivity index (χ2v) is 10.7. The van der Waals surface area contributed by atoms with E-state index >= 15 is 0 Å². The summed E-state index contributed by atoms with van der Waals surface area (Å²) in [4.78, 5) is 31.8. The van der Waals surface area contributed by atoms with Gasteiger partial charge in [-0.05, 0) is 78.7 Å². The third-order valence-electron chi connectivity index (χ3n) is 6.77.